The molecular formula is C15H19FO. The lowest BCUT2D eigenvalue weighted by Crippen LogP contribution is -2.21. The van der Waals surface area contributed by atoms with Gasteiger partial charge in [-0.1, -0.05) is 13.3 Å². The van der Waals surface area contributed by atoms with Gasteiger partial charge in [-0.2, -0.15) is 0 Å². The summed E-state index contributed by atoms with van der Waals surface area (Å²) in [4.78, 5) is 12.2. The quantitative estimate of drug-likeness (QED) is 0.715. The molecule has 0 aromatic heterocycles. The molecule has 1 aromatic rings. The Hall–Kier alpha value is -1.18. The summed E-state index contributed by atoms with van der Waals surface area (Å²) < 4.78 is 12.8. The second kappa shape index (κ2) is 5.44. The molecule has 0 radical (unpaired) electrons. The van der Waals surface area contributed by atoms with Gasteiger partial charge >= 0.3 is 0 Å². The Balaban J connectivity index is 1.99. The third-order valence-electron chi connectivity index (χ3n) is 3.92. The molecule has 0 amide bonds. The zero-order valence-corrected chi connectivity index (χ0v) is 10.3. The number of rotatable bonds is 3. The fraction of sp³-hybridized carbons (Fsp3) is 0.533. The maximum Gasteiger partial charge on any atom is 0.165 e. The van der Waals surface area contributed by atoms with E-state index in [1.54, 1.807) is 12.1 Å². The molecule has 0 N–H and O–H groups in total. The molecule has 17 heavy (non-hydrogen) atoms. The van der Waals surface area contributed by atoms with E-state index in [1.807, 2.05) is 0 Å². The maximum atomic E-state index is 12.8. The fourth-order valence-electron chi connectivity index (χ4n) is 2.68. The van der Waals surface area contributed by atoms with Gasteiger partial charge in [-0.25, -0.2) is 4.39 Å². The van der Waals surface area contributed by atoms with Crippen LogP contribution in [0.2, 0.25) is 0 Å². The zero-order chi connectivity index (χ0) is 12.3. The van der Waals surface area contributed by atoms with Crippen molar-refractivity contribution in [2.45, 2.75) is 39.0 Å². The van der Waals surface area contributed by atoms with Gasteiger partial charge in [-0.15, -0.1) is 0 Å². The molecule has 0 atom stereocenters. The summed E-state index contributed by atoms with van der Waals surface area (Å²) in [6.07, 6.45) is 5.53. The number of hydrogen-bond acceptors (Lipinski definition) is 1. The van der Waals surface area contributed by atoms with Crippen molar-refractivity contribution >= 4 is 5.78 Å². The van der Waals surface area contributed by atoms with Crippen molar-refractivity contribution in [2.24, 2.45) is 11.8 Å². The van der Waals surface area contributed by atoms with Crippen LogP contribution in [0.4, 0.5) is 4.39 Å². The standard InChI is InChI=1S/C15H19FO/c1-2-11-3-5-12(6-4-11)15(17)13-7-9-14(16)10-8-13/h7-12H,2-6H2,1H3. The van der Waals surface area contributed by atoms with Crippen LogP contribution >= 0.6 is 0 Å². The van der Waals surface area contributed by atoms with Crippen molar-refractivity contribution in [3.8, 4) is 0 Å². The summed E-state index contributed by atoms with van der Waals surface area (Å²) in [5.41, 5.74) is 0.659. The van der Waals surface area contributed by atoms with Crippen LogP contribution in [-0.4, -0.2) is 5.78 Å². The summed E-state index contributed by atoms with van der Waals surface area (Å²) >= 11 is 0. The molecule has 1 fully saturated rings. The lowest BCUT2D eigenvalue weighted by Gasteiger charge is -2.26. The maximum absolute atomic E-state index is 12.8. The highest BCUT2D eigenvalue weighted by Crippen LogP contribution is 2.32. The van der Waals surface area contributed by atoms with Gasteiger partial charge in [0.05, 0.1) is 0 Å². The molecule has 92 valence electrons. The number of Topliss-reactive ketones (excluding diaryl/α,β-unsaturated/α-hetero) is 1. The zero-order valence-electron chi connectivity index (χ0n) is 10.3. The van der Waals surface area contributed by atoms with Crippen molar-refractivity contribution < 1.29 is 9.18 Å². The highest BCUT2D eigenvalue weighted by atomic mass is 19.1. The Kier molecular flexibility index (Phi) is 3.93. The number of hydrogen-bond donors (Lipinski definition) is 0. The van der Waals surface area contributed by atoms with Crippen LogP contribution in [0.1, 0.15) is 49.4 Å². The average molecular weight is 234 g/mol. The summed E-state index contributed by atoms with van der Waals surface area (Å²) in [6.45, 7) is 2.22. The normalized spacial score (nSPS) is 24.6. The van der Waals surface area contributed by atoms with Gasteiger partial charge in [-0.3, -0.25) is 4.79 Å². The monoisotopic (exact) mass is 234 g/mol. The van der Waals surface area contributed by atoms with Crippen LogP contribution in [0, 0.1) is 17.7 Å². The van der Waals surface area contributed by atoms with Gasteiger partial charge in [0.1, 0.15) is 5.82 Å². The van der Waals surface area contributed by atoms with E-state index in [0.717, 1.165) is 31.6 Å². The first-order valence-electron chi connectivity index (χ1n) is 6.50. The minimum atomic E-state index is -0.281. The van der Waals surface area contributed by atoms with Gasteiger partial charge in [0, 0.05) is 11.5 Å². The molecular weight excluding hydrogens is 215 g/mol. The van der Waals surface area contributed by atoms with Gasteiger partial charge in [-0.05, 0) is 55.9 Å². The molecule has 2 heteroatoms. The Labute approximate surface area is 102 Å². The van der Waals surface area contributed by atoms with E-state index in [9.17, 15) is 9.18 Å². The van der Waals surface area contributed by atoms with E-state index in [-0.39, 0.29) is 17.5 Å². The number of benzene rings is 1. The van der Waals surface area contributed by atoms with Crippen LogP contribution in [0.3, 0.4) is 0 Å². The predicted molar refractivity (Wildman–Crippen MR) is 66.5 cm³/mol. The Bertz CT molecular complexity index is 374. The second-order valence-electron chi connectivity index (χ2n) is 5.00. The summed E-state index contributed by atoms with van der Waals surface area (Å²) in [5.74, 6) is 0.867. The van der Waals surface area contributed by atoms with E-state index in [0.29, 0.717) is 5.56 Å². The van der Waals surface area contributed by atoms with E-state index < -0.39 is 0 Å². The van der Waals surface area contributed by atoms with E-state index in [4.69, 9.17) is 0 Å². The van der Waals surface area contributed by atoms with Gasteiger partial charge < -0.3 is 0 Å². The molecule has 2 rings (SSSR count). The van der Waals surface area contributed by atoms with Crippen LogP contribution in [0.5, 0.6) is 0 Å². The minimum absolute atomic E-state index is 0.156. The van der Waals surface area contributed by atoms with Gasteiger partial charge in [0.2, 0.25) is 0 Å². The third kappa shape index (κ3) is 2.93. The molecule has 0 aliphatic heterocycles. The average Bonchev–Trinajstić information content (AvgIpc) is 2.39. The fourth-order valence-corrected chi connectivity index (χ4v) is 2.68. The molecule has 0 heterocycles. The minimum Gasteiger partial charge on any atom is -0.294 e. The molecule has 0 bridgehead atoms. The number of halogens is 1. The number of carbonyl (C=O) groups excluding carboxylic acids is 1. The van der Waals surface area contributed by atoms with Crippen molar-refractivity contribution in [2.75, 3.05) is 0 Å². The van der Waals surface area contributed by atoms with Crippen LogP contribution < -0.4 is 0 Å². The summed E-state index contributed by atoms with van der Waals surface area (Å²) in [7, 11) is 0. The predicted octanol–water partition coefficient (Wildman–Crippen LogP) is 4.22. The molecule has 1 aliphatic rings. The van der Waals surface area contributed by atoms with Crippen LogP contribution in [0.25, 0.3) is 0 Å². The molecule has 0 spiro atoms. The Morgan fingerprint density at radius 1 is 1.18 bits per heavy atom. The summed E-state index contributed by atoms with van der Waals surface area (Å²) in [5, 5.41) is 0. The lowest BCUT2D eigenvalue weighted by molar-refractivity contribution is 0.0871. The molecule has 1 aliphatic carbocycles. The first-order chi connectivity index (χ1) is 8.20. The van der Waals surface area contributed by atoms with Crippen molar-refractivity contribution in [1.29, 1.82) is 0 Å². The van der Waals surface area contributed by atoms with Crippen molar-refractivity contribution in [1.82, 2.24) is 0 Å². The van der Waals surface area contributed by atoms with Crippen LogP contribution in [0.15, 0.2) is 24.3 Å². The smallest absolute Gasteiger partial charge is 0.165 e. The molecule has 0 unspecified atom stereocenters. The van der Waals surface area contributed by atoms with Crippen molar-refractivity contribution in [3.05, 3.63) is 35.6 Å². The highest BCUT2D eigenvalue weighted by Gasteiger charge is 2.26. The highest BCUT2D eigenvalue weighted by molar-refractivity contribution is 5.97. The Morgan fingerprint density at radius 2 is 1.76 bits per heavy atom. The van der Waals surface area contributed by atoms with Gasteiger partial charge in [0.15, 0.2) is 5.78 Å². The van der Waals surface area contributed by atoms with Gasteiger partial charge in [0.25, 0.3) is 0 Å². The van der Waals surface area contributed by atoms with Crippen molar-refractivity contribution in [3.63, 3.8) is 0 Å². The first-order valence-corrected chi connectivity index (χ1v) is 6.50. The second-order valence-corrected chi connectivity index (χ2v) is 5.00. The number of carbonyl (C=O) groups is 1. The largest absolute Gasteiger partial charge is 0.294 e. The Morgan fingerprint density at radius 3 is 2.29 bits per heavy atom. The lowest BCUT2D eigenvalue weighted by atomic mass is 9.78. The first kappa shape index (κ1) is 12.3. The molecule has 0 saturated heterocycles. The van der Waals surface area contributed by atoms with E-state index >= 15 is 0 Å². The third-order valence-corrected chi connectivity index (χ3v) is 3.92. The van der Waals surface area contributed by atoms with Crippen LogP contribution in [-0.2, 0) is 0 Å². The molecule has 1 nitrogen and oxygen atoms in total. The van der Waals surface area contributed by atoms with E-state index in [2.05, 4.69) is 6.92 Å². The SMILES string of the molecule is CCC1CCC(C(=O)c2ccc(F)cc2)CC1. The summed E-state index contributed by atoms with van der Waals surface area (Å²) in [6, 6.07) is 5.93. The molecule has 1 aromatic carbocycles. The molecule has 1 saturated carbocycles. The van der Waals surface area contributed by atoms with E-state index in [1.165, 1.54) is 18.6 Å². The number of ketones is 1. The topological polar surface area (TPSA) is 17.1 Å².